The second-order valence-electron chi connectivity index (χ2n) is 6.61. The molecule has 0 aliphatic carbocycles. The molecule has 1 amide bonds. The van der Waals surface area contributed by atoms with E-state index in [0.717, 1.165) is 16.9 Å². The van der Waals surface area contributed by atoms with Gasteiger partial charge in [-0.2, -0.15) is 0 Å². The smallest absolute Gasteiger partial charge is 0.303 e. The highest BCUT2D eigenvalue weighted by molar-refractivity contribution is 8.26. The van der Waals surface area contributed by atoms with Crippen LogP contribution >= 0.6 is 35.6 Å². The fraction of sp³-hybridized carbons (Fsp3) is 0.143. The maximum absolute atomic E-state index is 12.8. The van der Waals surface area contributed by atoms with Gasteiger partial charge >= 0.3 is 5.97 Å². The zero-order chi connectivity index (χ0) is 21.3. The zero-order valence-corrected chi connectivity index (χ0v) is 18.0. The number of carboxylic acids is 1. The number of aromatic nitrogens is 2. The molecule has 1 aliphatic heterocycles. The topological polar surface area (TPSA) is 74.9 Å². The fourth-order valence-corrected chi connectivity index (χ4v) is 4.59. The number of carboxylic acid groups (broad SMARTS) is 1. The quantitative estimate of drug-likeness (QED) is 0.426. The van der Waals surface area contributed by atoms with E-state index in [1.807, 2.05) is 53.1 Å². The van der Waals surface area contributed by atoms with Crippen molar-refractivity contribution in [3.8, 4) is 11.4 Å². The van der Waals surface area contributed by atoms with Crippen molar-refractivity contribution in [1.82, 2.24) is 14.3 Å². The Morgan fingerprint density at radius 1 is 1.23 bits per heavy atom. The molecule has 4 rings (SSSR count). The largest absolute Gasteiger partial charge is 0.481 e. The molecular weight excluding hydrogens is 442 g/mol. The van der Waals surface area contributed by atoms with E-state index in [1.165, 1.54) is 16.7 Å². The molecule has 1 fully saturated rings. The summed E-state index contributed by atoms with van der Waals surface area (Å²) in [5.74, 6) is -0.374. The van der Waals surface area contributed by atoms with Crippen molar-refractivity contribution in [2.24, 2.45) is 0 Å². The van der Waals surface area contributed by atoms with Crippen molar-refractivity contribution in [3.63, 3.8) is 0 Å². The number of halogens is 1. The highest BCUT2D eigenvalue weighted by Gasteiger charge is 2.32. The van der Waals surface area contributed by atoms with Crippen LogP contribution in [0.3, 0.4) is 0 Å². The van der Waals surface area contributed by atoms with E-state index in [2.05, 4.69) is 0 Å². The molecule has 152 valence electrons. The van der Waals surface area contributed by atoms with E-state index in [1.54, 1.807) is 6.08 Å². The number of thiocarbonyl (C=S) groups is 1. The molecular formula is C21H16ClN3O3S2. The summed E-state index contributed by atoms with van der Waals surface area (Å²) in [5, 5.41) is 9.45. The van der Waals surface area contributed by atoms with Crippen LogP contribution in [0.4, 0.5) is 0 Å². The number of aliphatic carboxylic acids is 1. The van der Waals surface area contributed by atoms with Crippen LogP contribution in [0, 0.1) is 0 Å². The molecule has 6 nitrogen and oxygen atoms in total. The number of benzene rings is 1. The molecule has 1 aliphatic rings. The summed E-state index contributed by atoms with van der Waals surface area (Å²) >= 11 is 12.5. The summed E-state index contributed by atoms with van der Waals surface area (Å²) in [6.45, 7) is 0.286. The molecule has 0 bridgehead atoms. The summed E-state index contributed by atoms with van der Waals surface area (Å²) < 4.78 is 2.39. The zero-order valence-electron chi connectivity index (χ0n) is 15.6. The molecule has 9 heteroatoms. The molecule has 0 atom stereocenters. The fourth-order valence-electron chi connectivity index (χ4n) is 3.18. The Kier molecular flexibility index (Phi) is 5.90. The van der Waals surface area contributed by atoms with Gasteiger partial charge in [0.25, 0.3) is 5.91 Å². The van der Waals surface area contributed by atoms with Crippen LogP contribution in [0.25, 0.3) is 23.0 Å². The van der Waals surface area contributed by atoms with Crippen LogP contribution in [0.5, 0.6) is 0 Å². The molecule has 30 heavy (non-hydrogen) atoms. The summed E-state index contributed by atoms with van der Waals surface area (Å²) in [6.07, 6.45) is 4.00. The SMILES string of the molecule is O=C(O)CCCN1C(=O)C(=Cc2nc(-c3ccc(Cl)cc3)n3ccccc23)SC1=S. The Morgan fingerprint density at radius 2 is 2.00 bits per heavy atom. The number of imidazole rings is 1. The molecule has 0 unspecified atom stereocenters. The van der Waals surface area contributed by atoms with Gasteiger partial charge in [0.05, 0.1) is 16.1 Å². The summed E-state index contributed by atoms with van der Waals surface area (Å²) in [4.78, 5) is 30.2. The van der Waals surface area contributed by atoms with Gasteiger partial charge in [-0.15, -0.1) is 0 Å². The number of fused-ring (bicyclic) bond motifs is 1. The van der Waals surface area contributed by atoms with Crippen molar-refractivity contribution in [2.75, 3.05) is 6.54 Å². The van der Waals surface area contributed by atoms with E-state index < -0.39 is 5.97 Å². The predicted octanol–water partition coefficient (Wildman–Crippen LogP) is 4.72. The lowest BCUT2D eigenvalue weighted by atomic mass is 10.2. The van der Waals surface area contributed by atoms with Crippen LogP contribution < -0.4 is 0 Å². The minimum Gasteiger partial charge on any atom is -0.481 e. The van der Waals surface area contributed by atoms with Crippen molar-refractivity contribution in [1.29, 1.82) is 0 Å². The average molecular weight is 458 g/mol. The van der Waals surface area contributed by atoms with Gasteiger partial charge in [0.15, 0.2) is 0 Å². The highest BCUT2D eigenvalue weighted by atomic mass is 35.5. The van der Waals surface area contributed by atoms with Crippen LogP contribution in [0.15, 0.2) is 53.6 Å². The first-order valence-electron chi connectivity index (χ1n) is 9.14. The molecule has 0 saturated carbocycles. The Morgan fingerprint density at radius 3 is 2.73 bits per heavy atom. The number of carbonyl (C=O) groups excluding carboxylic acids is 1. The molecule has 3 heterocycles. The van der Waals surface area contributed by atoms with E-state index in [-0.39, 0.29) is 18.9 Å². The Hall–Kier alpha value is -2.68. The first-order chi connectivity index (χ1) is 14.4. The standard InChI is InChI=1S/C21H16ClN3O3S2/c22-14-8-6-13(7-9-14)19-23-15(16-4-1-2-10-24(16)19)12-17-20(28)25(21(29)30-17)11-3-5-18(26)27/h1-2,4,6-10,12H,3,5,11H2,(H,26,27). The van der Waals surface area contributed by atoms with Crippen molar-refractivity contribution in [2.45, 2.75) is 12.8 Å². The monoisotopic (exact) mass is 457 g/mol. The highest BCUT2D eigenvalue weighted by Crippen LogP contribution is 2.34. The van der Waals surface area contributed by atoms with Gasteiger partial charge in [-0.1, -0.05) is 41.6 Å². The predicted molar refractivity (Wildman–Crippen MR) is 122 cm³/mol. The molecule has 0 radical (unpaired) electrons. The second-order valence-corrected chi connectivity index (χ2v) is 8.73. The molecule has 3 aromatic rings. The van der Waals surface area contributed by atoms with Crippen molar-refractivity contribution < 1.29 is 14.7 Å². The minimum atomic E-state index is -0.893. The lowest BCUT2D eigenvalue weighted by Gasteiger charge is -2.13. The van der Waals surface area contributed by atoms with E-state index >= 15 is 0 Å². The molecule has 1 saturated heterocycles. The van der Waals surface area contributed by atoms with Gasteiger partial charge in [-0.05, 0) is 48.9 Å². The number of hydrogen-bond donors (Lipinski definition) is 1. The Balaban J connectivity index is 1.68. The van der Waals surface area contributed by atoms with E-state index in [0.29, 0.717) is 26.4 Å². The maximum atomic E-state index is 12.8. The first-order valence-corrected chi connectivity index (χ1v) is 10.7. The number of rotatable bonds is 6. The summed E-state index contributed by atoms with van der Waals surface area (Å²) in [5.41, 5.74) is 2.42. The second kappa shape index (κ2) is 8.59. The Labute approximate surface area is 187 Å². The normalized spacial score (nSPS) is 15.5. The van der Waals surface area contributed by atoms with Gasteiger partial charge in [-0.25, -0.2) is 4.98 Å². The molecule has 1 aromatic carbocycles. The summed E-state index contributed by atoms with van der Waals surface area (Å²) in [7, 11) is 0. The first kappa shape index (κ1) is 20.6. The third-order valence-electron chi connectivity index (χ3n) is 4.59. The lowest BCUT2D eigenvalue weighted by Crippen LogP contribution is -2.29. The third kappa shape index (κ3) is 4.12. The number of nitrogens with zero attached hydrogens (tertiary/aromatic N) is 3. The molecule has 2 aromatic heterocycles. The maximum Gasteiger partial charge on any atom is 0.303 e. The van der Waals surface area contributed by atoms with Crippen LogP contribution in [-0.2, 0) is 9.59 Å². The number of thioether (sulfide) groups is 1. The molecule has 0 spiro atoms. The van der Waals surface area contributed by atoms with Crippen LogP contribution in [-0.4, -0.2) is 42.1 Å². The molecule has 1 N–H and O–H groups in total. The Bertz CT molecular complexity index is 1190. The lowest BCUT2D eigenvalue weighted by molar-refractivity contribution is -0.137. The van der Waals surface area contributed by atoms with Gasteiger partial charge in [0.2, 0.25) is 0 Å². The number of amides is 1. The van der Waals surface area contributed by atoms with Gasteiger partial charge in [0.1, 0.15) is 10.1 Å². The van der Waals surface area contributed by atoms with Gasteiger partial charge in [0, 0.05) is 29.7 Å². The third-order valence-corrected chi connectivity index (χ3v) is 6.22. The van der Waals surface area contributed by atoms with Gasteiger partial charge in [-0.3, -0.25) is 18.9 Å². The summed E-state index contributed by atoms with van der Waals surface area (Å²) in [6, 6.07) is 13.2. The van der Waals surface area contributed by atoms with Crippen molar-refractivity contribution >= 4 is 63.4 Å². The number of carbonyl (C=O) groups is 2. The number of hydrogen-bond acceptors (Lipinski definition) is 5. The van der Waals surface area contributed by atoms with Crippen LogP contribution in [0.1, 0.15) is 18.5 Å². The van der Waals surface area contributed by atoms with E-state index in [4.69, 9.17) is 33.9 Å². The number of pyridine rings is 1. The van der Waals surface area contributed by atoms with E-state index in [9.17, 15) is 9.59 Å². The minimum absolute atomic E-state index is 0.00769. The van der Waals surface area contributed by atoms with Crippen molar-refractivity contribution in [3.05, 3.63) is 64.3 Å². The van der Waals surface area contributed by atoms with Crippen LogP contribution in [0.2, 0.25) is 5.02 Å². The van der Waals surface area contributed by atoms with Gasteiger partial charge < -0.3 is 5.11 Å². The average Bonchev–Trinajstić information content (AvgIpc) is 3.21.